The van der Waals surface area contributed by atoms with E-state index in [9.17, 15) is 0 Å². The molecule has 166 valence electrons. The van der Waals surface area contributed by atoms with E-state index in [0.717, 1.165) is 55.5 Å². The number of nitrogens with zero attached hydrogens (tertiary/aromatic N) is 5. The maximum absolute atomic E-state index is 8.91. The van der Waals surface area contributed by atoms with Crippen molar-refractivity contribution < 1.29 is 0 Å². The Hall–Kier alpha value is -2.82. The van der Waals surface area contributed by atoms with E-state index in [4.69, 9.17) is 10.2 Å². The van der Waals surface area contributed by atoms with Gasteiger partial charge in [-0.15, -0.1) is 11.3 Å². The number of piperidine rings is 1. The SMILES string of the molecule is CCCCc1ccc(CN2CCC(c3cc(Nc4ccc(C#N)nc4)nc(C)n3)CC2)s1. The summed E-state index contributed by atoms with van der Waals surface area (Å²) in [5.41, 5.74) is 2.33. The zero-order chi connectivity index (χ0) is 22.3. The molecule has 0 aromatic carbocycles. The van der Waals surface area contributed by atoms with Crippen LogP contribution in [0.15, 0.2) is 36.5 Å². The van der Waals surface area contributed by atoms with Crippen LogP contribution in [-0.4, -0.2) is 32.9 Å². The first-order valence-electron chi connectivity index (χ1n) is 11.4. The number of pyridine rings is 1. The van der Waals surface area contributed by atoms with Crippen molar-refractivity contribution in [2.45, 2.75) is 58.4 Å². The molecule has 32 heavy (non-hydrogen) atoms. The van der Waals surface area contributed by atoms with Crippen LogP contribution < -0.4 is 5.32 Å². The van der Waals surface area contributed by atoms with Gasteiger partial charge in [-0.25, -0.2) is 15.0 Å². The van der Waals surface area contributed by atoms with E-state index in [1.54, 1.807) is 12.3 Å². The molecule has 1 aliphatic rings. The molecule has 0 atom stereocenters. The molecule has 6 nitrogen and oxygen atoms in total. The van der Waals surface area contributed by atoms with Crippen molar-refractivity contribution in [2.24, 2.45) is 0 Å². The van der Waals surface area contributed by atoms with Gasteiger partial charge in [-0.2, -0.15) is 5.26 Å². The second kappa shape index (κ2) is 10.7. The molecule has 0 spiro atoms. The Bertz CT molecular complexity index is 1060. The molecule has 0 amide bonds. The molecule has 0 radical (unpaired) electrons. The van der Waals surface area contributed by atoms with Gasteiger partial charge in [-0.3, -0.25) is 4.90 Å². The van der Waals surface area contributed by atoms with Crippen molar-refractivity contribution >= 4 is 22.8 Å². The fourth-order valence-corrected chi connectivity index (χ4v) is 5.25. The molecule has 0 aliphatic carbocycles. The number of nitriles is 1. The molecule has 1 saturated heterocycles. The summed E-state index contributed by atoms with van der Waals surface area (Å²) in [5, 5.41) is 12.2. The van der Waals surface area contributed by atoms with E-state index in [2.05, 4.69) is 45.3 Å². The number of aromatic nitrogens is 3. The molecular formula is C25H30N6S. The van der Waals surface area contributed by atoms with Crippen LogP contribution in [0, 0.1) is 18.3 Å². The van der Waals surface area contributed by atoms with Crippen LogP contribution in [0.5, 0.6) is 0 Å². The third-order valence-electron chi connectivity index (χ3n) is 5.89. The molecule has 3 aromatic rings. The minimum atomic E-state index is 0.404. The normalized spacial score (nSPS) is 14.9. The molecule has 0 unspecified atom stereocenters. The maximum Gasteiger partial charge on any atom is 0.140 e. The van der Waals surface area contributed by atoms with Crippen LogP contribution in [0.25, 0.3) is 0 Å². The van der Waals surface area contributed by atoms with Crippen molar-refractivity contribution in [3.8, 4) is 6.07 Å². The number of aryl methyl sites for hydroxylation is 2. The highest BCUT2D eigenvalue weighted by atomic mass is 32.1. The predicted molar refractivity (Wildman–Crippen MR) is 129 cm³/mol. The number of likely N-dealkylation sites (tertiary alicyclic amines) is 1. The monoisotopic (exact) mass is 446 g/mol. The lowest BCUT2D eigenvalue weighted by atomic mass is 9.93. The predicted octanol–water partition coefficient (Wildman–Crippen LogP) is 5.58. The first kappa shape index (κ1) is 22.4. The second-order valence-corrected chi connectivity index (χ2v) is 9.67. The van der Waals surface area contributed by atoms with Crippen molar-refractivity contribution in [3.63, 3.8) is 0 Å². The van der Waals surface area contributed by atoms with Gasteiger partial charge in [0.15, 0.2) is 0 Å². The van der Waals surface area contributed by atoms with Crippen LogP contribution >= 0.6 is 11.3 Å². The maximum atomic E-state index is 8.91. The summed E-state index contributed by atoms with van der Waals surface area (Å²) >= 11 is 1.98. The minimum absolute atomic E-state index is 0.404. The van der Waals surface area contributed by atoms with Crippen molar-refractivity contribution in [1.29, 1.82) is 5.26 Å². The van der Waals surface area contributed by atoms with Crippen LogP contribution in [0.2, 0.25) is 0 Å². The molecule has 7 heteroatoms. The molecular weight excluding hydrogens is 416 g/mol. The summed E-state index contributed by atoms with van der Waals surface area (Å²) in [6.07, 6.45) is 7.63. The van der Waals surface area contributed by atoms with Crippen molar-refractivity contribution in [3.05, 3.63) is 63.5 Å². The zero-order valence-corrected chi connectivity index (χ0v) is 19.7. The molecule has 1 fully saturated rings. The first-order chi connectivity index (χ1) is 15.6. The van der Waals surface area contributed by atoms with Gasteiger partial charge < -0.3 is 5.32 Å². The summed E-state index contributed by atoms with van der Waals surface area (Å²) < 4.78 is 0. The average Bonchev–Trinajstić information content (AvgIpc) is 3.25. The summed E-state index contributed by atoms with van der Waals surface area (Å²) in [6.45, 7) is 7.44. The van der Waals surface area contributed by atoms with Crippen molar-refractivity contribution in [2.75, 3.05) is 18.4 Å². The summed E-state index contributed by atoms with van der Waals surface area (Å²) in [5.74, 6) is 2.00. The van der Waals surface area contributed by atoms with Gasteiger partial charge in [-0.1, -0.05) is 13.3 Å². The summed E-state index contributed by atoms with van der Waals surface area (Å²) in [4.78, 5) is 19.0. The van der Waals surface area contributed by atoms with E-state index < -0.39 is 0 Å². The average molecular weight is 447 g/mol. The van der Waals surface area contributed by atoms with Gasteiger partial charge in [0.05, 0.1) is 11.9 Å². The van der Waals surface area contributed by atoms with Crippen LogP contribution in [0.4, 0.5) is 11.5 Å². The molecule has 4 heterocycles. The standard InChI is InChI=1S/C25H30N6S/c1-3-4-5-22-8-9-23(32-22)17-31-12-10-19(11-13-31)24-14-25(29-18(2)28-24)30-21-7-6-20(15-26)27-16-21/h6-9,14,16,19H,3-5,10-13,17H2,1-2H3,(H,28,29,30). The number of rotatable bonds is 8. The Morgan fingerprint density at radius 1 is 1.16 bits per heavy atom. The van der Waals surface area contributed by atoms with E-state index in [1.165, 1.54) is 29.0 Å². The van der Waals surface area contributed by atoms with Gasteiger partial charge in [0, 0.05) is 34.0 Å². The van der Waals surface area contributed by atoms with Gasteiger partial charge in [-0.05, 0) is 70.0 Å². The molecule has 1 aliphatic heterocycles. The van der Waals surface area contributed by atoms with Gasteiger partial charge in [0.1, 0.15) is 23.4 Å². The number of hydrogen-bond acceptors (Lipinski definition) is 7. The Kier molecular flexibility index (Phi) is 7.46. The molecule has 3 aromatic heterocycles. The van der Waals surface area contributed by atoms with Gasteiger partial charge >= 0.3 is 0 Å². The molecule has 0 bridgehead atoms. The lowest BCUT2D eigenvalue weighted by molar-refractivity contribution is 0.205. The fourth-order valence-electron chi connectivity index (χ4n) is 4.15. The van der Waals surface area contributed by atoms with Crippen molar-refractivity contribution in [1.82, 2.24) is 19.9 Å². The molecule has 4 rings (SSSR count). The highest BCUT2D eigenvalue weighted by Crippen LogP contribution is 2.30. The lowest BCUT2D eigenvalue weighted by Gasteiger charge is -2.31. The quantitative estimate of drug-likeness (QED) is 0.487. The topological polar surface area (TPSA) is 77.7 Å². The highest BCUT2D eigenvalue weighted by molar-refractivity contribution is 7.11. The Morgan fingerprint density at radius 3 is 2.69 bits per heavy atom. The number of nitrogens with one attached hydrogen (secondary N) is 1. The lowest BCUT2D eigenvalue weighted by Crippen LogP contribution is -2.32. The molecule has 0 saturated carbocycles. The van der Waals surface area contributed by atoms with Gasteiger partial charge in [0.25, 0.3) is 0 Å². The number of anilines is 2. The Morgan fingerprint density at radius 2 is 1.97 bits per heavy atom. The van der Waals surface area contributed by atoms with E-state index in [1.807, 2.05) is 30.4 Å². The van der Waals surface area contributed by atoms with E-state index in [0.29, 0.717) is 11.6 Å². The summed E-state index contributed by atoms with van der Waals surface area (Å²) in [7, 11) is 0. The number of hydrogen-bond donors (Lipinski definition) is 1. The second-order valence-electron chi connectivity index (χ2n) is 8.42. The van der Waals surface area contributed by atoms with Crippen LogP contribution in [0.3, 0.4) is 0 Å². The third kappa shape index (κ3) is 5.90. The largest absolute Gasteiger partial charge is 0.339 e. The first-order valence-corrected chi connectivity index (χ1v) is 12.2. The Labute approximate surface area is 194 Å². The minimum Gasteiger partial charge on any atom is -0.339 e. The fraction of sp³-hybridized carbons (Fsp3) is 0.440. The van der Waals surface area contributed by atoms with E-state index >= 15 is 0 Å². The molecule has 1 N–H and O–H groups in total. The third-order valence-corrected chi connectivity index (χ3v) is 7.02. The highest BCUT2D eigenvalue weighted by Gasteiger charge is 2.23. The van der Waals surface area contributed by atoms with Crippen LogP contribution in [0.1, 0.15) is 65.5 Å². The summed E-state index contributed by atoms with van der Waals surface area (Å²) in [6, 6.07) is 12.3. The zero-order valence-electron chi connectivity index (χ0n) is 18.8. The Balaban J connectivity index is 1.34. The van der Waals surface area contributed by atoms with Crippen LogP contribution in [-0.2, 0) is 13.0 Å². The smallest absolute Gasteiger partial charge is 0.140 e. The number of unbranched alkanes of at least 4 members (excludes halogenated alkanes) is 1. The van der Waals surface area contributed by atoms with E-state index in [-0.39, 0.29) is 0 Å². The number of thiophene rings is 1. The van der Waals surface area contributed by atoms with Gasteiger partial charge in [0.2, 0.25) is 0 Å².